The maximum atomic E-state index is 13.5. The topological polar surface area (TPSA) is 57.6 Å². The zero-order valence-electron chi connectivity index (χ0n) is 16.3. The van der Waals surface area contributed by atoms with E-state index in [-0.39, 0.29) is 26.6 Å². The van der Waals surface area contributed by atoms with E-state index in [4.69, 9.17) is 23.2 Å². The third-order valence-corrected chi connectivity index (χ3v) is 6.49. The summed E-state index contributed by atoms with van der Waals surface area (Å²) in [6, 6.07) is 14.4. The van der Waals surface area contributed by atoms with Gasteiger partial charge in [0.15, 0.2) is 0 Å². The van der Waals surface area contributed by atoms with Gasteiger partial charge in [-0.15, -0.1) is 11.8 Å². The molecule has 4 nitrogen and oxygen atoms in total. The molecule has 152 valence electrons. The number of thioether (sulfide) groups is 1. The second-order valence-corrected chi connectivity index (χ2v) is 9.79. The molecule has 29 heavy (non-hydrogen) atoms. The van der Waals surface area contributed by atoms with Gasteiger partial charge in [-0.25, -0.2) is 4.79 Å². The molecule has 1 N–H and O–H groups in total. The minimum Gasteiger partial charge on any atom is -0.477 e. The van der Waals surface area contributed by atoms with Crippen LogP contribution in [0.3, 0.4) is 0 Å². The number of aliphatic carboxylic acids is 1. The Morgan fingerprint density at radius 1 is 1.10 bits per heavy atom. The number of hydrogen-bond donors (Lipinski definition) is 1. The van der Waals surface area contributed by atoms with E-state index < -0.39 is 11.5 Å². The maximum absolute atomic E-state index is 13.5. The number of benzene rings is 2. The van der Waals surface area contributed by atoms with Crippen LogP contribution in [0.25, 0.3) is 0 Å². The first kappa shape index (κ1) is 21.8. The molecule has 1 heterocycles. The van der Waals surface area contributed by atoms with E-state index in [1.165, 1.54) is 17.8 Å². The molecule has 0 saturated heterocycles. The number of rotatable bonds is 4. The Bertz CT molecular complexity index is 983. The lowest BCUT2D eigenvalue weighted by Gasteiger charge is -2.37. The molecule has 3 rings (SSSR count). The molecule has 2 aromatic carbocycles. The van der Waals surface area contributed by atoms with Crippen LogP contribution in [0.4, 0.5) is 0 Å². The molecule has 1 amide bonds. The van der Waals surface area contributed by atoms with E-state index in [0.29, 0.717) is 17.1 Å². The number of carboxylic acid groups (broad SMARTS) is 1. The molecule has 0 fully saturated rings. The molecule has 0 aliphatic carbocycles. The van der Waals surface area contributed by atoms with Crippen molar-refractivity contribution >= 4 is 46.8 Å². The van der Waals surface area contributed by atoms with E-state index in [1.807, 2.05) is 51.1 Å². The molecular formula is C22H21Cl2NO3S. The Morgan fingerprint density at radius 3 is 2.31 bits per heavy atom. The molecule has 7 heteroatoms. The quantitative estimate of drug-likeness (QED) is 0.585. The molecule has 0 radical (unpaired) electrons. The number of carbonyl (C=O) groups excluding carboxylic acids is 1. The van der Waals surface area contributed by atoms with Crippen molar-refractivity contribution in [1.82, 2.24) is 4.90 Å². The molecular weight excluding hydrogens is 429 g/mol. The normalized spacial score (nSPS) is 16.8. The molecule has 0 spiro atoms. The van der Waals surface area contributed by atoms with Crippen LogP contribution in [0.15, 0.2) is 59.1 Å². The van der Waals surface area contributed by atoms with E-state index in [0.717, 1.165) is 5.56 Å². The molecule has 0 saturated carbocycles. The minimum atomic E-state index is -1.03. The van der Waals surface area contributed by atoms with Gasteiger partial charge in [0.1, 0.15) is 4.91 Å². The van der Waals surface area contributed by atoms with Crippen LogP contribution >= 0.6 is 35.0 Å². The van der Waals surface area contributed by atoms with Crippen molar-refractivity contribution in [3.05, 3.63) is 80.3 Å². The molecule has 1 unspecified atom stereocenters. The second kappa shape index (κ2) is 8.42. The maximum Gasteiger partial charge on any atom is 0.343 e. The Hall–Kier alpha value is -1.95. The summed E-state index contributed by atoms with van der Waals surface area (Å²) in [4.78, 5) is 27.3. The van der Waals surface area contributed by atoms with Crippen molar-refractivity contribution in [2.75, 3.05) is 0 Å². The molecule has 1 aliphatic heterocycles. The van der Waals surface area contributed by atoms with Crippen molar-refractivity contribution in [2.24, 2.45) is 0 Å². The Labute approximate surface area is 184 Å². The van der Waals surface area contributed by atoms with Gasteiger partial charge in [-0.2, -0.15) is 0 Å². The van der Waals surface area contributed by atoms with Gasteiger partial charge in [-0.3, -0.25) is 4.79 Å². The molecule has 1 aliphatic rings. The lowest BCUT2D eigenvalue weighted by atomic mass is 9.99. The molecule has 0 aromatic heterocycles. The van der Waals surface area contributed by atoms with Gasteiger partial charge in [-0.1, -0.05) is 53.5 Å². The van der Waals surface area contributed by atoms with Crippen LogP contribution in [-0.4, -0.2) is 27.4 Å². The fourth-order valence-electron chi connectivity index (χ4n) is 3.36. The van der Waals surface area contributed by atoms with E-state index in [1.54, 1.807) is 17.0 Å². The Balaban J connectivity index is 2.06. The van der Waals surface area contributed by atoms with Crippen LogP contribution in [0.1, 0.15) is 48.4 Å². The smallest absolute Gasteiger partial charge is 0.343 e. The monoisotopic (exact) mass is 449 g/mol. The highest BCUT2D eigenvalue weighted by molar-refractivity contribution is 8.04. The van der Waals surface area contributed by atoms with Gasteiger partial charge in [0, 0.05) is 27.9 Å². The number of allylic oxidation sites excluding steroid dienone is 1. The first-order chi connectivity index (χ1) is 13.6. The summed E-state index contributed by atoms with van der Waals surface area (Å²) in [6.45, 7) is 5.63. The Morgan fingerprint density at radius 2 is 1.76 bits per heavy atom. The lowest BCUT2D eigenvalue weighted by molar-refractivity contribution is -0.131. The highest BCUT2D eigenvalue weighted by Crippen LogP contribution is 2.50. The van der Waals surface area contributed by atoms with Gasteiger partial charge in [-0.05, 0) is 44.5 Å². The van der Waals surface area contributed by atoms with Gasteiger partial charge in [0.05, 0.1) is 10.6 Å². The largest absolute Gasteiger partial charge is 0.477 e. The van der Waals surface area contributed by atoms with Crippen LogP contribution in [0.2, 0.25) is 10.0 Å². The summed E-state index contributed by atoms with van der Waals surface area (Å²) < 4.78 is 0. The summed E-state index contributed by atoms with van der Waals surface area (Å²) in [5.74, 6) is -1.38. The van der Waals surface area contributed by atoms with Crippen LogP contribution in [0, 0.1) is 0 Å². The SMILES string of the molecule is CC(C)(C)N(C(=O)c1ccc(Cl)cc1Cl)C1=C(C(=O)O)SC(c2ccccc2)C1. The number of amides is 1. The van der Waals surface area contributed by atoms with Gasteiger partial charge >= 0.3 is 5.97 Å². The van der Waals surface area contributed by atoms with Crippen LogP contribution < -0.4 is 0 Å². The third kappa shape index (κ3) is 4.63. The summed E-state index contributed by atoms with van der Waals surface area (Å²) in [5.41, 5.74) is 1.16. The number of carboxylic acids is 1. The highest BCUT2D eigenvalue weighted by Gasteiger charge is 2.40. The van der Waals surface area contributed by atoms with Crippen molar-refractivity contribution in [3.8, 4) is 0 Å². The van der Waals surface area contributed by atoms with E-state index in [2.05, 4.69) is 0 Å². The van der Waals surface area contributed by atoms with Crippen molar-refractivity contribution in [2.45, 2.75) is 38.0 Å². The van der Waals surface area contributed by atoms with E-state index >= 15 is 0 Å². The van der Waals surface area contributed by atoms with Crippen LogP contribution in [0.5, 0.6) is 0 Å². The summed E-state index contributed by atoms with van der Waals surface area (Å²) in [5, 5.41) is 10.4. The van der Waals surface area contributed by atoms with Gasteiger partial charge in [0.25, 0.3) is 5.91 Å². The average Bonchev–Trinajstić information content (AvgIpc) is 3.06. The minimum absolute atomic E-state index is 0.0735. The van der Waals surface area contributed by atoms with Gasteiger partial charge in [0.2, 0.25) is 0 Å². The third-order valence-electron chi connectivity index (χ3n) is 4.57. The highest BCUT2D eigenvalue weighted by atomic mass is 35.5. The number of hydrogen-bond acceptors (Lipinski definition) is 3. The fraction of sp³-hybridized carbons (Fsp3) is 0.273. The summed E-state index contributed by atoms with van der Waals surface area (Å²) in [6.07, 6.45) is 0.435. The number of halogens is 2. The van der Waals surface area contributed by atoms with E-state index in [9.17, 15) is 14.7 Å². The molecule has 1 atom stereocenters. The second-order valence-electron chi connectivity index (χ2n) is 7.74. The van der Waals surface area contributed by atoms with Crippen molar-refractivity contribution in [1.29, 1.82) is 0 Å². The number of nitrogens with zero attached hydrogens (tertiary/aromatic N) is 1. The zero-order chi connectivity index (χ0) is 21.3. The first-order valence-corrected chi connectivity index (χ1v) is 10.7. The van der Waals surface area contributed by atoms with Crippen molar-refractivity contribution < 1.29 is 14.7 Å². The zero-order valence-corrected chi connectivity index (χ0v) is 18.6. The summed E-state index contributed by atoms with van der Waals surface area (Å²) >= 11 is 13.5. The van der Waals surface area contributed by atoms with Gasteiger partial charge < -0.3 is 10.0 Å². The van der Waals surface area contributed by atoms with Crippen molar-refractivity contribution in [3.63, 3.8) is 0 Å². The first-order valence-electron chi connectivity index (χ1n) is 9.07. The number of carbonyl (C=O) groups is 2. The Kier molecular flexibility index (Phi) is 6.32. The lowest BCUT2D eigenvalue weighted by Crippen LogP contribution is -2.45. The summed E-state index contributed by atoms with van der Waals surface area (Å²) in [7, 11) is 0. The molecule has 0 bridgehead atoms. The standard InChI is InChI=1S/C22H21Cl2NO3S/c1-22(2,3)25(20(26)15-10-9-14(23)11-16(15)24)17-12-18(29-19(17)21(27)28)13-7-5-4-6-8-13/h4-11,18H,12H2,1-3H3,(H,27,28). The predicted molar refractivity (Wildman–Crippen MR) is 118 cm³/mol. The molecule has 2 aromatic rings. The van der Waals surface area contributed by atoms with Crippen LogP contribution in [-0.2, 0) is 4.79 Å². The predicted octanol–water partition coefficient (Wildman–Crippen LogP) is 6.41. The average molecular weight is 450 g/mol. The fourth-order valence-corrected chi connectivity index (χ4v) is 5.08.